The maximum absolute atomic E-state index is 11.8. The molecule has 1 amide bonds. The van der Waals surface area contributed by atoms with Crippen molar-refractivity contribution in [2.24, 2.45) is 0 Å². The van der Waals surface area contributed by atoms with E-state index in [1.54, 1.807) is 24.3 Å². The molecule has 0 bridgehead atoms. The molecule has 2 rings (SSSR count). The van der Waals surface area contributed by atoms with Gasteiger partial charge in [-0.2, -0.15) is 0 Å². The summed E-state index contributed by atoms with van der Waals surface area (Å²) in [5.41, 5.74) is 1.31. The Hall–Kier alpha value is -1.71. The first kappa shape index (κ1) is 13.7. The van der Waals surface area contributed by atoms with Gasteiger partial charge in [0, 0.05) is 0 Å². The first-order valence-electron chi connectivity index (χ1n) is 5.69. The van der Waals surface area contributed by atoms with Crippen LogP contribution in [0.2, 0.25) is 10.0 Å². The van der Waals surface area contributed by atoms with Gasteiger partial charge in [-0.05, 0) is 24.3 Å². The van der Waals surface area contributed by atoms with Crippen molar-refractivity contribution < 1.29 is 4.79 Å². The molecule has 0 unspecified atom stereocenters. The van der Waals surface area contributed by atoms with E-state index in [1.807, 2.05) is 24.3 Å². The molecular weight excluding hydrogens is 283 g/mol. The minimum absolute atomic E-state index is 0.120. The van der Waals surface area contributed by atoms with E-state index < -0.39 is 0 Å². The number of carbonyl (C=O) groups is 1. The SMILES string of the molecule is O=C(CNc1ccccc1Cl)Nc1ccccc1Cl. The van der Waals surface area contributed by atoms with Crippen LogP contribution in [0.5, 0.6) is 0 Å². The summed E-state index contributed by atoms with van der Waals surface area (Å²) in [6, 6.07) is 14.3. The second-order valence-corrected chi connectivity index (χ2v) is 4.68. The van der Waals surface area contributed by atoms with Crippen LogP contribution in [0.25, 0.3) is 0 Å². The fraction of sp³-hybridized carbons (Fsp3) is 0.0714. The number of amides is 1. The van der Waals surface area contributed by atoms with E-state index >= 15 is 0 Å². The summed E-state index contributed by atoms with van der Waals surface area (Å²) in [5, 5.41) is 6.77. The molecule has 5 heteroatoms. The third kappa shape index (κ3) is 3.88. The van der Waals surface area contributed by atoms with E-state index in [1.165, 1.54) is 0 Å². The summed E-state index contributed by atoms with van der Waals surface area (Å²) in [4.78, 5) is 11.8. The van der Waals surface area contributed by atoms with Gasteiger partial charge in [0.25, 0.3) is 0 Å². The molecule has 0 aliphatic carbocycles. The summed E-state index contributed by atoms with van der Waals surface area (Å²) in [6.45, 7) is 0.120. The van der Waals surface area contributed by atoms with Crippen LogP contribution in [0.3, 0.4) is 0 Å². The minimum atomic E-state index is -0.187. The van der Waals surface area contributed by atoms with E-state index in [2.05, 4.69) is 10.6 Å². The van der Waals surface area contributed by atoms with E-state index in [0.717, 1.165) is 5.69 Å². The fourth-order valence-electron chi connectivity index (χ4n) is 1.54. The quantitative estimate of drug-likeness (QED) is 0.893. The first-order chi connectivity index (χ1) is 9.16. The monoisotopic (exact) mass is 294 g/mol. The Bertz CT molecular complexity index is 587. The normalized spacial score (nSPS) is 10.0. The van der Waals surface area contributed by atoms with Crippen molar-refractivity contribution in [3.8, 4) is 0 Å². The van der Waals surface area contributed by atoms with Crippen molar-refractivity contribution in [1.82, 2.24) is 0 Å². The largest absolute Gasteiger partial charge is 0.375 e. The van der Waals surface area contributed by atoms with Gasteiger partial charge in [0.05, 0.1) is 28.0 Å². The lowest BCUT2D eigenvalue weighted by Gasteiger charge is -2.09. The highest BCUT2D eigenvalue weighted by molar-refractivity contribution is 6.34. The summed E-state index contributed by atoms with van der Waals surface area (Å²) in [7, 11) is 0. The molecule has 98 valence electrons. The van der Waals surface area contributed by atoms with Crippen molar-refractivity contribution in [1.29, 1.82) is 0 Å². The zero-order chi connectivity index (χ0) is 13.7. The summed E-state index contributed by atoms with van der Waals surface area (Å²) in [5.74, 6) is -0.187. The number of benzene rings is 2. The molecule has 0 aliphatic rings. The van der Waals surface area contributed by atoms with Gasteiger partial charge < -0.3 is 10.6 Å². The van der Waals surface area contributed by atoms with E-state index in [0.29, 0.717) is 15.7 Å². The number of rotatable bonds is 4. The van der Waals surface area contributed by atoms with Crippen molar-refractivity contribution in [3.63, 3.8) is 0 Å². The van der Waals surface area contributed by atoms with Crippen molar-refractivity contribution in [2.45, 2.75) is 0 Å². The predicted octanol–water partition coefficient (Wildman–Crippen LogP) is 4.04. The van der Waals surface area contributed by atoms with Crippen LogP contribution in [0.1, 0.15) is 0 Å². The Morgan fingerprint density at radius 2 is 1.42 bits per heavy atom. The van der Waals surface area contributed by atoms with Gasteiger partial charge in [-0.25, -0.2) is 0 Å². The standard InChI is InChI=1S/C14H12Cl2N2O/c15-10-5-1-3-7-12(10)17-9-14(19)18-13-8-4-2-6-11(13)16/h1-8,17H,9H2,(H,18,19). The number of hydrogen-bond acceptors (Lipinski definition) is 2. The Morgan fingerprint density at radius 1 is 0.895 bits per heavy atom. The highest BCUT2D eigenvalue weighted by Crippen LogP contribution is 2.21. The summed E-state index contributed by atoms with van der Waals surface area (Å²) < 4.78 is 0. The molecule has 0 aromatic heterocycles. The molecule has 0 spiro atoms. The topological polar surface area (TPSA) is 41.1 Å². The van der Waals surface area contributed by atoms with Crippen molar-refractivity contribution in [3.05, 3.63) is 58.6 Å². The molecule has 0 heterocycles. The highest BCUT2D eigenvalue weighted by Gasteiger charge is 2.06. The molecule has 2 N–H and O–H groups in total. The Labute approximate surface area is 121 Å². The average molecular weight is 295 g/mol. The fourth-order valence-corrected chi connectivity index (χ4v) is 1.92. The molecule has 0 saturated carbocycles. The van der Waals surface area contributed by atoms with E-state index in [9.17, 15) is 4.79 Å². The number of carbonyl (C=O) groups excluding carboxylic acids is 1. The van der Waals surface area contributed by atoms with Crippen LogP contribution in [0.4, 0.5) is 11.4 Å². The maximum Gasteiger partial charge on any atom is 0.243 e. The average Bonchev–Trinajstić information content (AvgIpc) is 2.40. The minimum Gasteiger partial charge on any atom is -0.375 e. The van der Waals surface area contributed by atoms with Crippen LogP contribution in [-0.2, 0) is 4.79 Å². The second-order valence-electron chi connectivity index (χ2n) is 3.86. The van der Waals surface area contributed by atoms with Gasteiger partial charge in [-0.1, -0.05) is 47.5 Å². The first-order valence-corrected chi connectivity index (χ1v) is 6.45. The van der Waals surface area contributed by atoms with Gasteiger partial charge >= 0.3 is 0 Å². The smallest absolute Gasteiger partial charge is 0.243 e. The lowest BCUT2D eigenvalue weighted by molar-refractivity contribution is -0.114. The number of nitrogens with one attached hydrogen (secondary N) is 2. The second kappa shape index (κ2) is 6.45. The molecule has 2 aromatic rings. The lowest BCUT2D eigenvalue weighted by atomic mass is 10.3. The molecule has 3 nitrogen and oxygen atoms in total. The molecule has 0 saturated heterocycles. The molecular formula is C14H12Cl2N2O. The van der Waals surface area contributed by atoms with Crippen LogP contribution in [-0.4, -0.2) is 12.5 Å². The van der Waals surface area contributed by atoms with Crippen LogP contribution in [0, 0.1) is 0 Å². The molecule has 0 radical (unpaired) electrons. The Balaban J connectivity index is 1.92. The molecule has 0 atom stereocenters. The van der Waals surface area contributed by atoms with Crippen LogP contribution >= 0.6 is 23.2 Å². The van der Waals surface area contributed by atoms with Gasteiger partial charge in [0.1, 0.15) is 0 Å². The molecule has 2 aromatic carbocycles. The third-order valence-corrected chi connectivity index (χ3v) is 3.12. The number of hydrogen-bond donors (Lipinski definition) is 2. The van der Waals surface area contributed by atoms with Crippen LogP contribution < -0.4 is 10.6 Å². The zero-order valence-electron chi connectivity index (χ0n) is 9.99. The van der Waals surface area contributed by atoms with Gasteiger partial charge in [-0.3, -0.25) is 4.79 Å². The van der Waals surface area contributed by atoms with Gasteiger partial charge in [0.2, 0.25) is 5.91 Å². The molecule has 0 aliphatic heterocycles. The molecule has 0 fully saturated rings. The van der Waals surface area contributed by atoms with Crippen molar-refractivity contribution >= 4 is 40.5 Å². The third-order valence-electron chi connectivity index (χ3n) is 2.46. The highest BCUT2D eigenvalue weighted by atomic mass is 35.5. The van der Waals surface area contributed by atoms with Crippen molar-refractivity contribution in [2.75, 3.05) is 17.2 Å². The zero-order valence-corrected chi connectivity index (χ0v) is 11.5. The molecule has 19 heavy (non-hydrogen) atoms. The Kier molecular flexibility index (Phi) is 4.66. The summed E-state index contributed by atoms with van der Waals surface area (Å²) >= 11 is 11.9. The number of halogens is 2. The van der Waals surface area contributed by atoms with E-state index in [4.69, 9.17) is 23.2 Å². The maximum atomic E-state index is 11.8. The predicted molar refractivity (Wildman–Crippen MR) is 80.0 cm³/mol. The lowest BCUT2D eigenvalue weighted by Crippen LogP contribution is -2.22. The number of anilines is 2. The van der Waals surface area contributed by atoms with Crippen LogP contribution in [0.15, 0.2) is 48.5 Å². The number of para-hydroxylation sites is 2. The summed E-state index contributed by atoms with van der Waals surface area (Å²) in [6.07, 6.45) is 0. The van der Waals surface area contributed by atoms with Gasteiger partial charge in [-0.15, -0.1) is 0 Å². The Morgan fingerprint density at radius 3 is 2.00 bits per heavy atom. The van der Waals surface area contributed by atoms with E-state index in [-0.39, 0.29) is 12.5 Å². The van der Waals surface area contributed by atoms with Gasteiger partial charge in [0.15, 0.2) is 0 Å².